The van der Waals surface area contributed by atoms with Crippen LogP contribution in [0.1, 0.15) is 13.2 Å². The maximum absolute atomic E-state index is 11.6. The smallest absolute Gasteiger partial charge is 0.330 e. The van der Waals surface area contributed by atoms with E-state index in [0.29, 0.717) is 0 Å². The summed E-state index contributed by atoms with van der Waals surface area (Å²) in [5, 5.41) is 10.0. The number of halogens is 1. The molecule has 0 amide bonds. The average Bonchev–Trinajstić information content (AvgIpc) is 2.57. The van der Waals surface area contributed by atoms with Crippen LogP contribution in [0.4, 0.5) is 0 Å². The average molecular weight is 352 g/mol. The highest BCUT2D eigenvalue weighted by atomic mass is 127. The molecule has 0 aliphatic carbocycles. The van der Waals surface area contributed by atoms with Gasteiger partial charge in [0.2, 0.25) is 0 Å². The molecule has 2 N–H and O–H groups in total. The van der Waals surface area contributed by atoms with Gasteiger partial charge in [0.05, 0.1) is 6.10 Å². The predicted molar refractivity (Wildman–Crippen MR) is 69.3 cm³/mol. The van der Waals surface area contributed by atoms with Crippen LogP contribution >= 0.6 is 22.6 Å². The molecule has 2 heterocycles. The quantitative estimate of drug-likeness (QED) is 0.574. The maximum atomic E-state index is 11.6. The summed E-state index contributed by atoms with van der Waals surface area (Å²) in [7, 11) is 0. The highest BCUT2D eigenvalue weighted by molar-refractivity contribution is 14.1. The molecule has 1 aliphatic heterocycles. The number of aromatic amines is 1. The Kier molecular flexibility index (Phi) is 3.69. The van der Waals surface area contributed by atoms with E-state index in [1.807, 2.05) is 6.92 Å². The Labute approximate surface area is 111 Å². The van der Waals surface area contributed by atoms with Gasteiger partial charge in [0.1, 0.15) is 6.10 Å². The van der Waals surface area contributed by atoms with Crippen LogP contribution in [0.5, 0.6) is 0 Å². The Hall–Kier alpha value is -0.670. The summed E-state index contributed by atoms with van der Waals surface area (Å²) in [6, 6.07) is 1.24. The molecule has 1 aliphatic rings. The second kappa shape index (κ2) is 4.91. The van der Waals surface area contributed by atoms with Crippen LogP contribution < -0.4 is 11.2 Å². The van der Waals surface area contributed by atoms with E-state index in [1.54, 1.807) is 0 Å². The molecular formula is C10H13IN2O4. The van der Waals surface area contributed by atoms with Crippen molar-refractivity contribution in [1.29, 1.82) is 0 Å². The van der Waals surface area contributed by atoms with Gasteiger partial charge in [-0.15, -0.1) is 0 Å². The van der Waals surface area contributed by atoms with Crippen LogP contribution in [0.25, 0.3) is 0 Å². The highest BCUT2D eigenvalue weighted by Crippen LogP contribution is 2.33. The molecular weight excluding hydrogens is 339 g/mol. The molecule has 94 valence electrons. The third kappa shape index (κ3) is 2.31. The van der Waals surface area contributed by atoms with E-state index >= 15 is 0 Å². The summed E-state index contributed by atoms with van der Waals surface area (Å²) in [5.41, 5.74) is -1.03. The third-order valence-corrected chi connectivity index (χ3v) is 3.88. The summed E-state index contributed by atoms with van der Waals surface area (Å²) in [5.74, 6) is -0.0456. The standard InChI is InChI=1S/C10H13IN2O4/c1-5-6(4-11)17-9(8(5)15)13-3-2-7(14)12-10(13)16/h2-3,5-6,8-9,15H,4H2,1H3,(H,12,14,16)/t5-,6-,8+,9-/m1/s1. The van der Waals surface area contributed by atoms with Gasteiger partial charge >= 0.3 is 5.69 Å². The highest BCUT2D eigenvalue weighted by Gasteiger charge is 2.41. The number of aliphatic hydroxyl groups excluding tert-OH is 1. The van der Waals surface area contributed by atoms with Crippen molar-refractivity contribution in [1.82, 2.24) is 9.55 Å². The van der Waals surface area contributed by atoms with Crippen molar-refractivity contribution < 1.29 is 9.84 Å². The monoisotopic (exact) mass is 352 g/mol. The molecule has 17 heavy (non-hydrogen) atoms. The van der Waals surface area contributed by atoms with Gasteiger partial charge in [0.25, 0.3) is 5.56 Å². The first-order chi connectivity index (χ1) is 8.04. The SMILES string of the molecule is C[C@H]1[C@H](O)[C@H](n2ccc(=O)[nH]c2=O)O[C@@H]1CI. The van der Waals surface area contributed by atoms with Crippen molar-refractivity contribution >= 4 is 22.6 Å². The second-order valence-electron chi connectivity index (χ2n) is 4.09. The van der Waals surface area contributed by atoms with E-state index < -0.39 is 23.6 Å². The summed E-state index contributed by atoms with van der Waals surface area (Å²) >= 11 is 2.18. The van der Waals surface area contributed by atoms with Gasteiger partial charge in [0.15, 0.2) is 6.23 Å². The predicted octanol–water partition coefficient (Wildman–Crippen LogP) is -0.134. The summed E-state index contributed by atoms with van der Waals surface area (Å²) in [6.07, 6.45) is -0.223. The van der Waals surface area contributed by atoms with E-state index in [0.717, 1.165) is 4.43 Å². The fourth-order valence-electron chi connectivity index (χ4n) is 1.90. The van der Waals surface area contributed by atoms with Crippen molar-refractivity contribution in [3.05, 3.63) is 33.1 Å². The van der Waals surface area contributed by atoms with E-state index in [2.05, 4.69) is 27.6 Å². The van der Waals surface area contributed by atoms with Crippen LogP contribution in [0.15, 0.2) is 21.9 Å². The molecule has 1 aromatic heterocycles. The number of ether oxygens (including phenoxy) is 1. The maximum Gasteiger partial charge on any atom is 0.330 e. The first-order valence-electron chi connectivity index (χ1n) is 5.25. The van der Waals surface area contributed by atoms with Crippen LogP contribution in [-0.2, 0) is 4.74 Å². The molecule has 2 rings (SSSR count). The Balaban J connectivity index is 2.35. The number of alkyl halides is 1. The number of hydrogen-bond acceptors (Lipinski definition) is 4. The van der Waals surface area contributed by atoms with E-state index in [-0.39, 0.29) is 12.0 Å². The molecule has 6 nitrogen and oxygen atoms in total. The van der Waals surface area contributed by atoms with Crippen molar-refractivity contribution in [2.45, 2.75) is 25.4 Å². The molecule has 0 spiro atoms. The van der Waals surface area contributed by atoms with Crippen LogP contribution in [0.2, 0.25) is 0 Å². The van der Waals surface area contributed by atoms with E-state index in [1.165, 1.54) is 16.8 Å². The topological polar surface area (TPSA) is 84.3 Å². The van der Waals surface area contributed by atoms with Crippen molar-refractivity contribution in [2.75, 3.05) is 4.43 Å². The second-order valence-corrected chi connectivity index (χ2v) is 4.97. The molecule has 4 atom stereocenters. The zero-order chi connectivity index (χ0) is 12.6. The fraction of sp³-hybridized carbons (Fsp3) is 0.600. The van der Waals surface area contributed by atoms with Gasteiger partial charge in [-0.2, -0.15) is 0 Å². The number of rotatable bonds is 2. The van der Waals surface area contributed by atoms with Crippen LogP contribution in [0.3, 0.4) is 0 Å². The minimum atomic E-state index is -0.752. The zero-order valence-electron chi connectivity index (χ0n) is 9.17. The lowest BCUT2D eigenvalue weighted by atomic mass is 10.0. The minimum Gasteiger partial charge on any atom is -0.388 e. The molecule has 1 saturated heterocycles. The molecule has 7 heteroatoms. The Morgan fingerprint density at radius 3 is 2.82 bits per heavy atom. The molecule has 0 radical (unpaired) electrons. The Morgan fingerprint density at radius 2 is 2.29 bits per heavy atom. The number of aromatic nitrogens is 2. The Bertz CT molecular complexity index is 512. The van der Waals surface area contributed by atoms with Gasteiger partial charge in [-0.05, 0) is 0 Å². The molecule has 0 bridgehead atoms. The third-order valence-electron chi connectivity index (χ3n) is 3.01. The lowest BCUT2D eigenvalue weighted by molar-refractivity contribution is -0.0331. The minimum absolute atomic E-state index is 0.0456. The normalized spacial score (nSPS) is 32.9. The number of hydrogen-bond donors (Lipinski definition) is 2. The van der Waals surface area contributed by atoms with E-state index in [4.69, 9.17) is 4.74 Å². The first-order valence-corrected chi connectivity index (χ1v) is 6.78. The van der Waals surface area contributed by atoms with E-state index in [9.17, 15) is 14.7 Å². The number of nitrogens with zero attached hydrogens (tertiary/aromatic N) is 1. The Morgan fingerprint density at radius 1 is 1.59 bits per heavy atom. The lowest BCUT2D eigenvalue weighted by Crippen LogP contribution is -2.35. The fourth-order valence-corrected chi connectivity index (χ4v) is 2.91. The zero-order valence-corrected chi connectivity index (χ0v) is 11.3. The number of H-pyrrole nitrogens is 1. The number of aliphatic hydroxyl groups is 1. The van der Waals surface area contributed by atoms with Gasteiger partial charge in [-0.3, -0.25) is 14.3 Å². The van der Waals surface area contributed by atoms with Crippen molar-refractivity contribution in [3.63, 3.8) is 0 Å². The van der Waals surface area contributed by atoms with Crippen LogP contribution in [-0.4, -0.2) is 31.3 Å². The van der Waals surface area contributed by atoms with Gasteiger partial charge in [-0.1, -0.05) is 29.5 Å². The molecule has 0 unspecified atom stereocenters. The van der Waals surface area contributed by atoms with Crippen molar-refractivity contribution in [3.8, 4) is 0 Å². The largest absolute Gasteiger partial charge is 0.388 e. The summed E-state index contributed by atoms with van der Waals surface area (Å²) < 4.78 is 7.58. The van der Waals surface area contributed by atoms with Gasteiger partial charge in [-0.25, -0.2) is 4.79 Å². The summed E-state index contributed by atoms with van der Waals surface area (Å²) in [6.45, 7) is 1.88. The lowest BCUT2D eigenvalue weighted by Gasteiger charge is -2.17. The molecule has 0 saturated carbocycles. The van der Waals surface area contributed by atoms with Gasteiger partial charge < -0.3 is 9.84 Å². The molecule has 0 aromatic carbocycles. The number of nitrogens with one attached hydrogen (secondary N) is 1. The molecule has 1 aromatic rings. The van der Waals surface area contributed by atoms with Crippen molar-refractivity contribution in [2.24, 2.45) is 5.92 Å². The van der Waals surface area contributed by atoms with Gasteiger partial charge in [0, 0.05) is 22.6 Å². The van der Waals surface area contributed by atoms with Crippen LogP contribution in [0, 0.1) is 5.92 Å². The first kappa shape index (κ1) is 12.8. The summed E-state index contributed by atoms with van der Waals surface area (Å²) in [4.78, 5) is 24.7. The molecule has 1 fully saturated rings.